The molecule has 1 unspecified atom stereocenters. The summed E-state index contributed by atoms with van der Waals surface area (Å²) in [6.07, 6.45) is 4.29. The number of hydrogen-bond donors (Lipinski definition) is 0. The van der Waals surface area contributed by atoms with Gasteiger partial charge in [0.05, 0.1) is 16.0 Å². The maximum absolute atomic E-state index is 13.4. The van der Waals surface area contributed by atoms with Gasteiger partial charge in [0.1, 0.15) is 5.82 Å². The summed E-state index contributed by atoms with van der Waals surface area (Å²) in [4.78, 5) is 31.2. The minimum atomic E-state index is -0.343. The van der Waals surface area contributed by atoms with Gasteiger partial charge < -0.3 is 14.7 Å². The summed E-state index contributed by atoms with van der Waals surface area (Å²) in [6, 6.07) is 12.1. The fourth-order valence-electron chi connectivity index (χ4n) is 5.09. The number of benzene rings is 2. The highest BCUT2D eigenvalue weighted by molar-refractivity contribution is 6.42. The molecule has 0 radical (unpaired) electrons. The summed E-state index contributed by atoms with van der Waals surface area (Å²) in [7, 11) is 1.73. The molecule has 0 bridgehead atoms. The molecule has 1 atom stereocenters. The lowest BCUT2D eigenvalue weighted by Crippen LogP contribution is -2.40. The second kappa shape index (κ2) is 11.7. The summed E-state index contributed by atoms with van der Waals surface area (Å²) in [6.45, 7) is 3.94. The number of carbonyl (C=O) groups excluding carboxylic acids is 2. The van der Waals surface area contributed by atoms with Crippen molar-refractivity contribution in [2.75, 3.05) is 44.7 Å². The Morgan fingerprint density at radius 2 is 1.80 bits per heavy atom. The number of halogens is 3. The lowest BCUT2D eigenvalue weighted by atomic mass is 9.90. The van der Waals surface area contributed by atoms with Crippen LogP contribution in [0.5, 0.6) is 0 Å². The maximum Gasteiger partial charge on any atom is 0.232 e. The molecule has 2 aliphatic rings. The summed E-state index contributed by atoms with van der Waals surface area (Å²) < 4.78 is 13.1. The predicted molar refractivity (Wildman–Crippen MR) is 138 cm³/mol. The van der Waals surface area contributed by atoms with Crippen LogP contribution in [0.4, 0.5) is 10.1 Å². The fourth-order valence-corrected chi connectivity index (χ4v) is 5.38. The molecule has 4 rings (SSSR count). The van der Waals surface area contributed by atoms with Gasteiger partial charge in [-0.15, -0.1) is 0 Å². The van der Waals surface area contributed by atoms with Gasteiger partial charge >= 0.3 is 0 Å². The average Bonchev–Trinajstić information content (AvgIpc) is 3.19. The Morgan fingerprint density at radius 1 is 1.09 bits per heavy atom. The minimum absolute atomic E-state index is 0.000877. The summed E-state index contributed by atoms with van der Waals surface area (Å²) in [5, 5.41) is 0.854. The third-order valence-corrected chi connectivity index (χ3v) is 7.91. The summed E-state index contributed by atoms with van der Waals surface area (Å²) in [5.41, 5.74) is 1.90. The quantitative estimate of drug-likeness (QED) is 0.475. The number of piperidine rings is 1. The highest BCUT2D eigenvalue weighted by Gasteiger charge is 2.35. The standard InChI is InChI=1S/C27H32Cl2FN3O2/c1-31-18-21(16-26(31)34)27(35)33(23-7-8-24(28)25(29)17-23)12-2-11-32-13-9-20(10-14-32)15-19-3-5-22(30)6-4-19/h3-8,17,20-21H,2,9-16,18H2,1H3. The monoisotopic (exact) mass is 519 g/mol. The van der Waals surface area contributed by atoms with E-state index in [-0.39, 0.29) is 30.0 Å². The normalized spacial score (nSPS) is 19.4. The molecule has 2 aliphatic heterocycles. The molecule has 2 fully saturated rings. The van der Waals surface area contributed by atoms with Gasteiger partial charge in [0, 0.05) is 32.2 Å². The molecule has 0 spiro atoms. The topological polar surface area (TPSA) is 43.9 Å². The number of likely N-dealkylation sites (tertiary alicyclic amines) is 2. The van der Waals surface area contributed by atoms with E-state index < -0.39 is 0 Å². The molecular weight excluding hydrogens is 488 g/mol. The van der Waals surface area contributed by atoms with E-state index in [1.165, 1.54) is 17.7 Å². The Balaban J connectivity index is 1.31. The smallest absolute Gasteiger partial charge is 0.232 e. The van der Waals surface area contributed by atoms with E-state index in [2.05, 4.69) is 4.90 Å². The molecule has 0 N–H and O–H groups in total. The van der Waals surface area contributed by atoms with Gasteiger partial charge in [-0.25, -0.2) is 4.39 Å². The highest BCUT2D eigenvalue weighted by atomic mass is 35.5. The van der Waals surface area contributed by atoms with E-state index in [1.54, 1.807) is 29.0 Å². The van der Waals surface area contributed by atoms with Crippen molar-refractivity contribution in [3.05, 3.63) is 63.9 Å². The highest BCUT2D eigenvalue weighted by Crippen LogP contribution is 2.30. The molecule has 2 saturated heterocycles. The lowest BCUT2D eigenvalue weighted by Gasteiger charge is -2.33. The lowest BCUT2D eigenvalue weighted by molar-refractivity contribution is -0.127. The molecule has 2 amide bonds. The molecule has 188 valence electrons. The SMILES string of the molecule is CN1CC(C(=O)N(CCCN2CCC(Cc3ccc(F)cc3)CC2)c2ccc(Cl)c(Cl)c2)CC1=O. The van der Waals surface area contributed by atoms with Gasteiger partial charge in [0.25, 0.3) is 0 Å². The van der Waals surface area contributed by atoms with Crippen molar-refractivity contribution in [1.29, 1.82) is 0 Å². The summed E-state index contributed by atoms with van der Waals surface area (Å²) >= 11 is 12.3. The molecule has 35 heavy (non-hydrogen) atoms. The molecule has 5 nitrogen and oxygen atoms in total. The number of carbonyl (C=O) groups is 2. The number of amides is 2. The van der Waals surface area contributed by atoms with Gasteiger partial charge in [-0.2, -0.15) is 0 Å². The molecule has 2 aromatic rings. The summed E-state index contributed by atoms with van der Waals surface area (Å²) in [5.74, 6) is 0.0376. The Kier molecular flexibility index (Phi) is 8.68. The van der Waals surface area contributed by atoms with Crippen LogP contribution in [0.3, 0.4) is 0 Å². The van der Waals surface area contributed by atoms with Crippen LogP contribution >= 0.6 is 23.2 Å². The van der Waals surface area contributed by atoms with Gasteiger partial charge in [0.2, 0.25) is 11.8 Å². The van der Waals surface area contributed by atoms with Crippen LogP contribution in [0.25, 0.3) is 0 Å². The molecule has 0 aliphatic carbocycles. The first-order valence-corrected chi connectivity index (χ1v) is 13.0. The predicted octanol–water partition coefficient (Wildman–Crippen LogP) is 5.29. The zero-order valence-corrected chi connectivity index (χ0v) is 21.6. The Hall–Kier alpha value is -2.15. The molecule has 0 aromatic heterocycles. The van der Waals surface area contributed by atoms with Crippen LogP contribution < -0.4 is 4.90 Å². The fraction of sp³-hybridized carbons (Fsp3) is 0.481. The van der Waals surface area contributed by atoms with Crippen molar-refractivity contribution in [3.8, 4) is 0 Å². The van der Waals surface area contributed by atoms with E-state index in [0.717, 1.165) is 45.3 Å². The van der Waals surface area contributed by atoms with Crippen molar-refractivity contribution in [1.82, 2.24) is 9.80 Å². The number of rotatable bonds is 8. The number of hydrogen-bond acceptors (Lipinski definition) is 3. The molecule has 2 aromatic carbocycles. The largest absolute Gasteiger partial charge is 0.345 e. The van der Waals surface area contributed by atoms with Crippen LogP contribution in [0.1, 0.15) is 31.2 Å². The van der Waals surface area contributed by atoms with Crippen molar-refractivity contribution in [2.45, 2.75) is 32.1 Å². The number of nitrogens with zero attached hydrogens (tertiary/aromatic N) is 3. The van der Waals surface area contributed by atoms with Crippen LogP contribution in [0.2, 0.25) is 10.0 Å². The Bertz CT molecular complexity index is 1040. The molecule has 8 heteroatoms. The zero-order valence-electron chi connectivity index (χ0n) is 20.1. The van der Waals surface area contributed by atoms with Crippen LogP contribution in [0, 0.1) is 17.7 Å². The number of anilines is 1. The van der Waals surface area contributed by atoms with E-state index in [4.69, 9.17) is 23.2 Å². The van der Waals surface area contributed by atoms with Gasteiger partial charge in [-0.05, 0) is 87.1 Å². The van der Waals surface area contributed by atoms with Crippen molar-refractivity contribution in [3.63, 3.8) is 0 Å². The minimum Gasteiger partial charge on any atom is -0.345 e. The molecule has 0 saturated carbocycles. The zero-order chi connectivity index (χ0) is 24.9. The third-order valence-electron chi connectivity index (χ3n) is 7.17. The van der Waals surface area contributed by atoms with E-state index in [9.17, 15) is 14.0 Å². The van der Waals surface area contributed by atoms with Gasteiger partial charge in [0.15, 0.2) is 0 Å². The first-order valence-electron chi connectivity index (χ1n) is 12.3. The molecule has 2 heterocycles. The first-order chi connectivity index (χ1) is 16.8. The van der Waals surface area contributed by atoms with Gasteiger partial charge in [-0.3, -0.25) is 9.59 Å². The second-order valence-corrected chi connectivity index (χ2v) is 10.5. The first kappa shape index (κ1) is 25.9. The maximum atomic E-state index is 13.4. The van der Waals surface area contributed by atoms with Crippen molar-refractivity contribution >= 4 is 40.7 Å². The molecular formula is C27H32Cl2FN3O2. The van der Waals surface area contributed by atoms with E-state index in [0.29, 0.717) is 34.7 Å². The second-order valence-electron chi connectivity index (χ2n) is 9.73. The average molecular weight is 520 g/mol. The van der Waals surface area contributed by atoms with Crippen molar-refractivity contribution in [2.24, 2.45) is 11.8 Å². The van der Waals surface area contributed by atoms with Crippen molar-refractivity contribution < 1.29 is 14.0 Å². The van der Waals surface area contributed by atoms with E-state index in [1.807, 2.05) is 18.2 Å². The third kappa shape index (κ3) is 6.75. The van der Waals surface area contributed by atoms with Crippen LogP contribution in [-0.2, 0) is 16.0 Å². The van der Waals surface area contributed by atoms with Crippen LogP contribution in [-0.4, -0.2) is 61.4 Å². The van der Waals surface area contributed by atoms with Crippen LogP contribution in [0.15, 0.2) is 42.5 Å². The van der Waals surface area contributed by atoms with E-state index >= 15 is 0 Å². The van der Waals surface area contributed by atoms with Gasteiger partial charge in [-0.1, -0.05) is 35.3 Å². The Labute approximate surface area is 216 Å². The Morgan fingerprint density at radius 3 is 2.43 bits per heavy atom.